The molecule has 1 saturated carbocycles. The quantitative estimate of drug-likeness (QED) is 0.817. The number of hydrogen-bond acceptors (Lipinski definition) is 2. The molecule has 2 unspecified atom stereocenters. The van der Waals surface area contributed by atoms with Crippen LogP contribution in [0.5, 0.6) is 0 Å². The van der Waals surface area contributed by atoms with Crippen LogP contribution in [0.1, 0.15) is 66.2 Å². The van der Waals surface area contributed by atoms with Crippen LogP contribution in [0.15, 0.2) is 0 Å². The van der Waals surface area contributed by atoms with Gasteiger partial charge in [-0.2, -0.15) is 0 Å². The van der Waals surface area contributed by atoms with Gasteiger partial charge >= 0.3 is 0 Å². The van der Waals surface area contributed by atoms with Gasteiger partial charge in [-0.15, -0.1) is 0 Å². The van der Waals surface area contributed by atoms with Gasteiger partial charge in [-0.25, -0.2) is 0 Å². The van der Waals surface area contributed by atoms with Crippen molar-refractivity contribution in [2.24, 2.45) is 11.3 Å². The van der Waals surface area contributed by atoms with Crippen molar-refractivity contribution < 1.29 is 0 Å². The summed E-state index contributed by atoms with van der Waals surface area (Å²) in [6.07, 6.45) is 8.42. The SMILES string of the molecule is CC(C)CN(CC1CCCN1)C1CCCCC1(C)C. The van der Waals surface area contributed by atoms with Gasteiger partial charge in [0.15, 0.2) is 0 Å². The van der Waals surface area contributed by atoms with E-state index in [0.29, 0.717) is 5.41 Å². The van der Waals surface area contributed by atoms with Gasteiger partial charge in [0.1, 0.15) is 0 Å². The fraction of sp³-hybridized carbons (Fsp3) is 1.00. The van der Waals surface area contributed by atoms with Crippen LogP contribution in [-0.2, 0) is 0 Å². The van der Waals surface area contributed by atoms with Gasteiger partial charge in [0.2, 0.25) is 0 Å². The molecule has 2 rings (SSSR count). The zero-order valence-corrected chi connectivity index (χ0v) is 13.5. The summed E-state index contributed by atoms with van der Waals surface area (Å²) in [6, 6.07) is 1.54. The second kappa shape index (κ2) is 6.58. The molecule has 0 aromatic carbocycles. The summed E-state index contributed by atoms with van der Waals surface area (Å²) < 4.78 is 0. The highest BCUT2D eigenvalue weighted by Crippen LogP contribution is 2.39. The Hall–Kier alpha value is -0.0800. The first kappa shape index (κ1) is 15.3. The molecule has 0 radical (unpaired) electrons. The topological polar surface area (TPSA) is 15.3 Å². The number of rotatable bonds is 5. The standard InChI is InChI=1S/C17H34N2/c1-14(2)12-19(13-15-8-7-11-18-15)16-9-5-6-10-17(16,3)4/h14-16,18H,5-13H2,1-4H3. The van der Waals surface area contributed by atoms with Crippen molar-refractivity contribution in [3.63, 3.8) is 0 Å². The average Bonchev–Trinajstić information content (AvgIpc) is 2.79. The molecule has 0 spiro atoms. The van der Waals surface area contributed by atoms with E-state index < -0.39 is 0 Å². The molecule has 2 atom stereocenters. The van der Waals surface area contributed by atoms with Crippen LogP contribution in [0.3, 0.4) is 0 Å². The second-order valence-electron chi connectivity index (χ2n) is 7.89. The van der Waals surface area contributed by atoms with Gasteiger partial charge in [-0.3, -0.25) is 4.90 Å². The molecular formula is C17H34N2. The maximum Gasteiger partial charge on any atom is 0.0195 e. The number of nitrogens with one attached hydrogen (secondary N) is 1. The molecule has 19 heavy (non-hydrogen) atoms. The smallest absolute Gasteiger partial charge is 0.0195 e. The zero-order chi connectivity index (χ0) is 13.9. The molecular weight excluding hydrogens is 232 g/mol. The molecule has 0 bridgehead atoms. The Morgan fingerprint density at radius 3 is 2.53 bits per heavy atom. The molecule has 1 N–H and O–H groups in total. The van der Waals surface area contributed by atoms with Crippen molar-refractivity contribution in [3.8, 4) is 0 Å². The molecule has 112 valence electrons. The lowest BCUT2D eigenvalue weighted by Crippen LogP contribution is -2.52. The highest BCUT2D eigenvalue weighted by Gasteiger charge is 2.37. The van der Waals surface area contributed by atoms with Gasteiger partial charge in [0.05, 0.1) is 0 Å². The van der Waals surface area contributed by atoms with Crippen LogP contribution >= 0.6 is 0 Å². The molecule has 0 amide bonds. The van der Waals surface area contributed by atoms with Crippen molar-refractivity contribution in [1.82, 2.24) is 10.2 Å². The summed E-state index contributed by atoms with van der Waals surface area (Å²) in [4.78, 5) is 2.83. The highest BCUT2D eigenvalue weighted by molar-refractivity contribution is 4.92. The summed E-state index contributed by atoms with van der Waals surface area (Å²) >= 11 is 0. The Morgan fingerprint density at radius 2 is 1.95 bits per heavy atom. The third-order valence-corrected chi connectivity index (χ3v) is 5.11. The molecule has 1 aliphatic heterocycles. The fourth-order valence-electron chi connectivity index (χ4n) is 4.15. The summed E-state index contributed by atoms with van der Waals surface area (Å²) in [6.45, 7) is 13.5. The minimum Gasteiger partial charge on any atom is -0.313 e. The van der Waals surface area contributed by atoms with Gasteiger partial charge in [0.25, 0.3) is 0 Å². The van der Waals surface area contributed by atoms with E-state index in [4.69, 9.17) is 0 Å². The van der Waals surface area contributed by atoms with Gasteiger partial charge in [-0.1, -0.05) is 40.5 Å². The maximum atomic E-state index is 3.69. The van der Waals surface area contributed by atoms with E-state index in [1.165, 1.54) is 58.2 Å². The summed E-state index contributed by atoms with van der Waals surface area (Å²) in [5.41, 5.74) is 0.506. The van der Waals surface area contributed by atoms with Crippen molar-refractivity contribution >= 4 is 0 Å². The first-order valence-electron chi connectivity index (χ1n) is 8.46. The number of hydrogen-bond donors (Lipinski definition) is 1. The first-order valence-corrected chi connectivity index (χ1v) is 8.46. The molecule has 2 nitrogen and oxygen atoms in total. The van der Waals surface area contributed by atoms with Crippen LogP contribution in [0.4, 0.5) is 0 Å². The fourth-order valence-corrected chi connectivity index (χ4v) is 4.15. The van der Waals surface area contributed by atoms with Crippen molar-refractivity contribution in [1.29, 1.82) is 0 Å². The lowest BCUT2D eigenvalue weighted by Gasteiger charge is -2.47. The molecule has 0 aromatic rings. The Balaban J connectivity index is 2.02. The third-order valence-electron chi connectivity index (χ3n) is 5.11. The van der Waals surface area contributed by atoms with Crippen LogP contribution in [0, 0.1) is 11.3 Å². The van der Waals surface area contributed by atoms with E-state index in [2.05, 4.69) is 37.9 Å². The third kappa shape index (κ3) is 4.19. The molecule has 2 heteroatoms. The normalized spacial score (nSPS) is 31.3. The maximum absolute atomic E-state index is 3.69. The Labute approximate surface area is 120 Å². The van der Waals surface area contributed by atoms with Gasteiger partial charge in [-0.05, 0) is 43.6 Å². The summed E-state index contributed by atoms with van der Waals surface area (Å²) in [5.74, 6) is 0.777. The lowest BCUT2D eigenvalue weighted by atomic mass is 9.72. The van der Waals surface area contributed by atoms with Crippen LogP contribution in [-0.4, -0.2) is 36.6 Å². The predicted molar refractivity (Wildman–Crippen MR) is 83.5 cm³/mol. The molecule has 1 saturated heterocycles. The van der Waals surface area contributed by atoms with Crippen molar-refractivity contribution in [3.05, 3.63) is 0 Å². The molecule has 0 aromatic heterocycles. The minimum atomic E-state index is 0.506. The van der Waals surface area contributed by atoms with Crippen LogP contribution in [0.2, 0.25) is 0 Å². The van der Waals surface area contributed by atoms with E-state index >= 15 is 0 Å². The van der Waals surface area contributed by atoms with Gasteiger partial charge < -0.3 is 5.32 Å². The molecule has 2 fully saturated rings. The van der Waals surface area contributed by atoms with E-state index in [0.717, 1.165) is 18.0 Å². The highest BCUT2D eigenvalue weighted by atomic mass is 15.2. The number of nitrogens with zero attached hydrogens (tertiary/aromatic N) is 1. The van der Waals surface area contributed by atoms with Crippen LogP contribution < -0.4 is 5.32 Å². The Morgan fingerprint density at radius 1 is 1.16 bits per heavy atom. The minimum absolute atomic E-state index is 0.506. The van der Waals surface area contributed by atoms with E-state index in [1.54, 1.807) is 0 Å². The summed E-state index contributed by atoms with van der Waals surface area (Å²) in [5, 5.41) is 3.69. The average molecular weight is 266 g/mol. The van der Waals surface area contributed by atoms with Crippen LogP contribution in [0.25, 0.3) is 0 Å². The largest absolute Gasteiger partial charge is 0.313 e. The summed E-state index contributed by atoms with van der Waals surface area (Å²) in [7, 11) is 0. The van der Waals surface area contributed by atoms with Crippen molar-refractivity contribution in [2.75, 3.05) is 19.6 Å². The van der Waals surface area contributed by atoms with Gasteiger partial charge in [0, 0.05) is 25.2 Å². The predicted octanol–water partition coefficient (Wildman–Crippen LogP) is 3.67. The van der Waals surface area contributed by atoms with E-state index in [-0.39, 0.29) is 0 Å². The van der Waals surface area contributed by atoms with E-state index in [1.807, 2.05) is 0 Å². The zero-order valence-electron chi connectivity index (χ0n) is 13.5. The Kier molecular flexibility index (Phi) is 5.30. The second-order valence-corrected chi connectivity index (χ2v) is 7.89. The monoisotopic (exact) mass is 266 g/mol. The molecule has 1 heterocycles. The van der Waals surface area contributed by atoms with Crippen molar-refractivity contribution in [2.45, 2.75) is 78.3 Å². The lowest BCUT2D eigenvalue weighted by molar-refractivity contribution is 0.0355. The Bertz CT molecular complexity index is 266. The molecule has 2 aliphatic rings. The first-order chi connectivity index (χ1) is 8.99. The van der Waals surface area contributed by atoms with E-state index in [9.17, 15) is 0 Å². The molecule has 1 aliphatic carbocycles.